The Morgan fingerprint density at radius 1 is 1.20 bits per heavy atom. The SMILES string of the molecule is Cc1cc(-c2noc(N)c2-c2cccnc2)ccc1Cl. The summed E-state index contributed by atoms with van der Waals surface area (Å²) in [4.78, 5) is 4.10. The van der Waals surface area contributed by atoms with Crippen molar-refractivity contribution in [2.45, 2.75) is 6.92 Å². The molecule has 0 bridgehead atoms. The first-order valence-electron chi connectivity index (χ1n) is 6.09. The van der Waals surface area contributed by atoms with Crippen LogP contribution in [0, 0.1) is 6.92 Å². The molecule has 0 saturated heterocycles. The standard InChI is InChI=1S/C15H12ClN3O/c1-9-7-10(4-5-12(9)16)14-13(15(17)20-19-14)11-3-2-6-18-8-11/h2-8H,17H2,1H3. The predicted octanol–water partition coefficient (Wildman–Crippen LogP) is 3.95. The molecule has 3 rings (SSSR count). The highest BCUT2D eigenvalue weighted by Gasteiger charge is 2.17. The van der Waals surface area contributed by atoms with Crippen LogP contribution in [0.1, 0.15) is 5.56 Å². The summed E-state index contributed by atoms with van der Waals surface area (Å²) in [5.41, 5.74) is 10.1. The van der Waals surface area contributed by atoms with Crippen LogP contribution in [-0.4, -0.2) is 10.1 Å². The molecule has 2 aromatic heterocycles. The average Bonchev–Trinajstić information content (AvgIpc) is 2.85. The number of rotatable bonds is 2. The third-order valence-electron chi connectivity index (χ3n) is 3.10. The van der Waals surface area contributed by atoms with Gasteiger partial charge in [0.25, 0.3) is 0 Å². The molecule has 0 saturated carbocycles. The van der Waals surface area contributed by atoms with Crippen molar-refractivity contribution in [2.24, 2.45) is 0 Å². The Labute approximate surface area is 121 Å². The van der Waals surface area contributed by atoms with Crippen LogP contribution >= 0.6 is 11.6 Å². The molecular weight excluding hydrogens is 274 g/mol. The number of nitrogens with zero attached hydrogens (tertiary/aromatic N) is 2. The van der Waals surface area contributed by atoms with Gasteiger partial charge in [0.1, 0.15) is 5.69 Å². The highest BCUT2D eigenvalue weighted by molar-refractivity contribution is 6.31. The van der Waals surface area contributed by atoms with Crippen molar-refractivity contribution >= 4 is 17.5 Å². The molecule has 0 spiro atoms. The quantitative estimate of drug-likeness (QED) is 0.774. The van der Waals surface area contributed by atoms with Crippen LogP contribution in [0.2, 0.25) is 5.02 Å². The summed E-state index contributed by atoms with van der Waals surface area (Å²) in [6.07, 6.45) is 3.44. The third-order valence-corrected chi connectivity index (χ3v) is 3.52. The van der Waals surface area contributed by atoms with E-state index in [-0.39, 0.29) is 5.88 Å². The van der Waals surface area contributed by atoms with Gasteiger partial charge in [0, 0.05) is 28.5 Å². The first-order valence-corrected chi connectivity index (χ1v) is 6.46. The minimum Gasteiger partial charge on any atom is -0.367 e. The summed E-state index contributed by atoms with van der Waals surface area (Å²) in [6.45, 7) is 1.94. The number of nitrogens with two attached hydrogens (primary N) is 1. The van der Waals surface area contributed by atoms with Gasteiger partial charge in [-0.15, -0.1) is 0 Å². The van der Waals surface area contributed by atoms with E-state index < -0.39 is 0 Å². The summed E-state index contributed by atoms with van der Waals surface area (Å²) >= 11 is 6.05. The Balaban J connectivity index is 2.18. The molecule has 2 heterocycles. The minimum atomic E-state index is 0.278. The molecule has 0 amide bonds. The number of pyridine rings is 1. The van der Waals surface area contributed by atoms with Gasteiger partial charge in [-0.2, -0.15) is 0 Å². The van der Waals surface area contributed by atoms with Gasteiger partial charge in [-0.3, -0.25) is 4.98 Å². The van der Waals surface area contributed by atoms with Crippen LogP contribution < -0.4 is 5.73 Å². The van der Waals surface area contributed by atoms with Crippen LogP contribution in [0.4, 0.5) is 5.88 Å². The third kappa shape index (κ3) is 2.14. The molecule has 0 atom stereocenters. The fourth-order valence-electron chi connectivity index (χ4n) is 2.08. The number of hydrogen-bond donors (Lipinski definition) is 1. The number of nitrogen functional groups attached to an aromatic ring is 1. The lowest BCUT2D eigenvalue weighted by atomic mass is 10.0. The zero-order valence-electron chi connectivity index (χ0n) is 10.8. The zero-order chi connectivity index (χ0) is 14.1. The summed E-state index contributed by atoms with van der Waals surface area (Å²) in [5, 5.41) is 4.78. The number of hydrogen-bond acceptors (Lipinski definition) is 4. The molecule has 0 aliphatic carbocycles. The molecule has 0 aliphatic heterocycles. The molecule has 2 N–H and O–H groups in total. The molecule has 0 radical (unpaired) electrons. The van der Waals surface area contributed by atoms with Crippen LogP contribution in [-0.2, 0) is 0 Å². The van der Waals surface area contributed by atoms with Crippen LogP contribution in [0.25, 0.3) is 22.4 Å². The minimum absolute atomic E-state index is 0.278. The Bertz CT molecular complexity index is 753. The van der Waals surface area contributed by atoms with Gasteiger partial charge in [0.05, 0.1) is 5.56 Å². The Hall–Kier alpha value is -2.33. The predicted molar refractivity (Wildman–Crippen MR) is 79.3 cm³/mol. The van der Waals surface area contributed by atoms with Gasteiger partial charge in [0.2, 0.25) is 5.88 Å². The molecule has 20 heavy (non-hydrogen) atoms. The lowest BCUT2D eigenvalue weighted by Crippen LogP contribution is -1.89. The summed E-state index contributed by atoms with van der Waals surface area (Å²) in [7, 11) is 0. The molecular formula is C15H12ClN3O. The highest BCUT2D eigenvalue weighted by Crippen LogP contribution is 2.36. The molecule has 5 heteroatoms. The molecule has 0 fully saturated rings. The molecule has 4 nitrogen and oxygen atoms in total. The largest absolute Gasteiger partial charge is 0.367 e. The summed E-state index contributed by atoms with van der Waals surface area (Å²) in [6, 6.07) is 9.46. The Morgan fingerprint density at radius 2 is 2.05 bits per heavy atom. The fourth-order valence-corrected chi connectivity index (χ4v) is 2.20. The van der Waals surface area contributed by atoms with E-state index in [1.54, 1.807) is 12.4 Å². The number of halogens is 1. The molecule has 1 aromatic carbocycles. The van der Waals surface area contributed by atoms with Crippen molar-refractivity contribution in [3.8, 4) is 22.4 Å². The van der Waals surface area contributed by atoms with E-state index in [4.69, 9.17) is 21.9 Å². The van der Waals surface area contributed by atoms with E-state index in [2.05, 4.69) is 10.1 Å². The smallest absolute Gasteiger partial charge is 0.230 e. The van der Waals surface area contributed by atoms with Crippen LogP contribution in [0.3, 0.4) is 0 Å². The summed E-state index contributed by atoms with van der Waals surface area (Å²) in [5.74, 6) is 0.278. The Morgan fingerprint density at radius 3 is 2.75 bits per heavy atom. The van der Waals surface area contributed by atoms with Crippen LogP contribution in [0.15, 0.2) is 47.2 Å². The Kier molecular flexibility index (Phi) is 3.16. The second kappa shape index (κ2) is 4.98. The first-order chi connectivity index (χ1) is 9.66. The number of aromatic nitrogens is 2. The molecule has 0 unspecified atom stereocenters. The van der Waals surface area contributed by atoms with E-state index in [9.17, 15) is 0 Å². The number of benzene rings is 1. The van der Waals surface area contributed by atoms with Crippen molar-refractivity contribution in [2.75, 3.05) is 5.73 Å². The normalized spacial score (nSPS) is 10.7. The lowest BCUT2D eigenvalue weighted by molar-refractivity contribution is 0.439. The van der Waals surface area contributed by atoms with Gasteiger partial charge >= 0.3 is 0 Å². The molecule has 100 valence electrons. The van der Waals surface area contributed by atoms with E-state index in [0.29, 0.717) is 10.7 Å². The fraction of sp³-hybridized carbons (Fsp3) is 0.0667. The van der Waals surface area contributed by atoms with E-state index in [1.165, 1.54) is 0 Å². The maximum atomic E-state index is 6.05. The zero-order valence-corrected chi connectivity index (χ0v) is 11.6. The van der Waals surface area contributed by atoms with Gasteiger partial charge in [-0.25, -0.2) is 0 Å². The molecule has 3 aromatic rings. The summed E-state index contributed by atoms with van der Waals surface area (Å²) < 4.78 is 5.14. The van der Waals surface area contributed by atoms with Gasteiger partial charge in [-0.1, -0.05) is 28.9 Å². The van der Waals surface area contributed by atoms with Gasteiger partial charge < -0.3 is 10.3 Å². The number of anilines is 1. The van der Waals surface area contributed by atoms with Crippen molar-refractivity contribution < 1.29 is 4.52 Å². The highest BCUT2D eigenvalue weighted by atomic mass is 35.5. The molecule has 0 aliphatic rings. The average molecular weight is 286 g/mol. The maximum Gasteiger partial charge on any atom is 0.230 e. The maximum absolute atomic E-state index is 6.05. The topological polar surface area (TPSA) is 64.9 Å². The first kappa shape index (κ1) is 12.7. The second-order valence-electron chi connectivity index (χ2n) is 4.48. The monoisotopic (exact) mass is 285 g/mol. The van der Waals surface area contributed by atoms with Crippen molar-refractivity contribution in [3.05, 3.63) is 53.3 Å². The van der Waals surface area contributed by atoms with Crippen molar-refractivity contribution in [1.29, 1.82) is 0 Å². The lowest BCUT2D eigenvalue weighted by Gasteiger charge is -2.04. The van der Waals surface area contributed by atoms with Crippen molar-refractivity contribution in [3.63, 3.8) is 0 Å². The van der Waals surface area contributed by atoms with Crippen LogP contribution in [0.5, 0.6) is 0 Å². The van der Waals surface area contributed by atoms with Gasteiger partial charge in [-0.05, 0) is 30.7 Å². The number of aryl methyl sites for hydroxylation is 1. The van der Waals surface area contributed by atoms with E-state index in [1.807, 2.05) is 37.3 Å². The van der Waals surface area contributed by atoms with E-state index in [0.717, 1.165) is 22.3 Å². The van der Waals surface area contributed by atoms with Crippen molar-refractivity contribution in [1.82, 2.24) is 10.1 Å². The van der Waals surface area contributed by atoms with E-state index >= 15 is 0 Å². The second-order valence-corrected chi connectivity index (χ2v) is 4.88. The van der Waals surface area contributed by atoms with Gasteiger partial charge in [0.15, 0.2) is 0 Å².